The van der Waals surface area contributed by atoms with E-state index in [2.05, 4.69) is 5.10 Å². The number of methoxy groups -OCH3 is 1. The number of sulfonamides is 1. The first-order valence-electron chi connectivity index (χ1n) is 8.23. The summed E-state index contributed by atoms with van der Waals surface area (Å²) < 4.78 is 68.9. The second-order valence-corrected chi connectivity index (χ2v) is 8.28. The van der Waals surface area contributed by atoms with Crippen molar-refractivity contribution in [1.82, 2.24) is 5.43 Å². The molecular weight excluding hydrogens is 447 g/mol. The van der Waals surface area contributed by atoms with Crippen molar-refractivity contribution in [2.24, 2.45) is 5.10 Å². The van der Waals surface area contributed by atoms with Crippen LogP contribution >= 0.6 is 11.6 Å². The fourth-order valence-electron chi connectivity index (χ4n) is 2.42. The molecule has 0 radical (unpaired) electrons. The van der Waals surface area contributed by atoms with E-state index in [1.54, 1.807) is 0 Å². The molecule has 0 spiro atoms. The van der Waals surface area contributed by atoms with Crippen molar-refractivity contribution in [1.29, 1.82) is 0 Å². The number of carbonyl (C=O) groups is 1. The predicted octanol–water partition coefficient (Wildman–Crippen LogP) is 3.28. The van der Waals surface area contributed by atoms with Crippen molar-refractivity contribution in [2.75, 3.05) is 24.2 Å². The first-order valence-corrected chi connectivity index (χ1v) is 10.5. The van der Waals surface area contributed by atoms with Crippen LogP contribution in [0.3, 0.4) is 0 Å². The SMILES string of the molecule is COc1ccc(N(CC(=O)N/N=C\c2ccccc2C(F)(F)F)S(C)(=O)=O)cc1Cl. The Labute approximate surface area is 176 Å². The number of alkyl halides is 3. The lowest BCUT2D eigenvalue weighted by molar-refractivity contribution is -0.137. The maximum atomic E-state index is 13.0. The summed E-state index contributed by atoms with van der Waals surface area (Å²) in [6.07, 6.45) is -2.87. The van der Waals surface area contributed by atoms with Crippen molar-refractivity contribution in [2.45, 2.75) is 6.18 Å². The molecule has 2 aromatic carbocycles. The van der Waals surface area contributed by atoms with Gasteiger partial charge in [0.15, 0.2) is 0 Å². The highest BCUT2D eigenvalue weighted by Gasteiger charge is 2.32. The number of anilines is 1. The van der Waals surface area contributed by atoms with Gasteiger partial charge in [-0.3, -0.25) is 9.10 Å². The van der Waals surface area contributed by atoms with Crippen molar-refractivity contribution in [3.05, 3.63) is 58.6 Å². The topological polar surface area (TPSA) is 88.1 Å². The van der Waals surface area contributed by atoms with Crippen molar-refractivity contribution in [3.8, 4) is 5.75 Å². The molecule has 0 aliphatic rings. The molecule has 12 heteroatoms. The first kappa shape index (κ1) is 23.5. The Balaban J connectivity index is 2.17. The standard InChI is InChI=1S/C18H17ClF3N3O4S/c1-29-16-8-7-13(9-15(16)19)25(30(2,27)28)11-17(26)24-23-10-12-5-3-4-6-14(12)18(20,21)22/h3-10H,11H2,1-2H3,(H,24,26)/b23-10-. The molecular formula is C18H17ClF3N3O4S. The molecule has 0 atom stereocenters. The van der Waals surface area contributed by atoms with Gasteiger partial charge in [-0.2, -0.15) is 18.3 Å². The summed E-state index contributed by atoms with van der Waals surface area (Å²) in [4.78, 5) is 12.1. The highest BCUT2D eigenvalue weighted by atomic mass is 35.5. The number of hydrogen-bond donors (Lipinski definition) is 1. The lowest BCUT2D eigenvalue weighted by Crippen LogP contribution is -2.39. The number of amides is 1. The minimum atomic E-state index is -4.59. The van der Waals surface area contributed by atoms with E-state index in [0.717, 1.165) is 22.8 Å². The number of hydrogen-bond acceptors (Lipinski definition) is 5. The van der Waals surface area contributed by atoms with Crippen LogP contribution in [0.5, 0.6) is 5.75 Å². The quantitative estimate of drug-likeness (QED) is 0.504. The molecule has 0 heterocycles. The second-order valence-electron chi connectivity index (χ2n) is 5.97. The molecule has 1 N–H and O–H groups in total. The highest BCUT2D eigenvalue weighted by Crippen LogP contribution is 2.31. The zero-order valence-corrected chi connectivity index (χ0v) is 17.3. The summed E-state index contributed by atoms with van der Waals surface area (Å²) >= 11 is 6.00. The van der Waals surface area contributed by atoms with Crippen LogP contribution in [0.25, 0.3) is 0 Å². The summed E-state index contributed by atoms with van der Waals surface area (Å²) in [7, 11) is -2.49. The third kappa shape index (κ3) is 6.10. The zero-order valence-electron chi connectivity index (χ0n) is 15.8. The van der Waals surface area contributed by atoms with Gasteiger partial charge < -0.3 is 4.74 Å². The molecule has 7 nitrogen and oxygen atoms in total. The van der Waals surface area contributed by atoms with Crippen LogP contribution in [0.15, 0.2) is 47.6 Å². The molecule has 0 fully saturated rings. The van der Waals surface area contributed by atoms with Gasteiger partial charge in [-0.25, -0.2) is 13.8 Å². The highest BCUT2D eigenvalue weighted by molar-refractivity contribution is 7.92. The Morgan fingerprint density at radius 1 is 1.27 bits per heavy atom. The van der Waals surface area contributed by atoms with Gasteiger partial charge in [-0.05, 0) is 24.3 Å². The number of ether oxygens (including phenoxy) is 1. The molecule has 1 amide bonds. The van der Waals surface area contributed by atoms with Crippen molar-refractivity contribution in [3.63, 3.8) is 0 Å². The largest absolute Gasteiger partial charge is 0.495 e. The summed E-state index contributed by atoms with van der Waals surface area (Å²) in [5.41, 5.74) is 0.941. The smallest absolute Gasteiger partial charge is 0.417 e. The number of halogens is 4. The van der Waals surface area contributed by atoms with Crippen LogP contribution in [-0.2, 0) is 21.0 Å². The Kier molecular flexibility index (Phi) is 7.32. The average Bonchev–Trinajstić information content (AvgIpc) is 2.64. The van der Waals surface area contributed by atoms with Gasteiger partial charge in [0.1, 0.15) is 12.3 Å². The molecule has 0 aliphatic heterocycles. The van der Waals surface area contributed by atoms with E-state index in [4.69, 9.17) is 16.3 Å². The van der Waals surface area contributed by atoms with E-state index in [1.807, 2.05) is 5.43 Å². The van der Waals surface area contributed by atoms with E-state index in [-0.39, 0.29) is 16.3 Å². The Bertz CT molecular complexity index is 1060. The number of nitrogens with one attached hydrogen (secondary N) is 1. The second kappa shape index (κ2) is 9.35. The van der Waals surface area contributed by atoms with E-state index in [0.29, 0.717) is 5.75 Å². The van der Waals surface area contributed by atoms with Gasteiger partial charge in [0.05, 0.1) is 35.9 Å². The van der Waals surface area contributed by atoms with Gasteiger partial charge in [0, 0.05) is 5.56 Å². The maximum Gasteiger partial charge on any atom is 0.417 e. The van der Waals surface area contributed by atoms with Gasteiger partial charge in [0.2, 0.25) is 10.0 Å². The third-order valence-corrected chi connectivity index (χ3v) is 5.21. The zero-order chi connectivity index (χ0) is 22.5. The maximum absolute atomic E-state index is 13.0. The third-order valence-electron chi connectivity index (χ3n) is 3.77. The lowest BCUT2D eigenvalue weighted by atomic mass is 10.1. The number of nitrogens with zero attached hydrogens (tertiary/aromatic N) is 2. The van der Waals surface area contributed by atoms with Crippen LogP contribution in [0.1, 0.15) is 11.1 Å². The van der Waals surface area contributed by atoms with Crippen molar-refractivity contribution < 1.29 is 31.1 Å². The normalized spacial score (nSPS) is 12.1. The Morgan fingerprint density at radius 3 is 2.50 bits per heavy atom. The van der Waals surface area contributed by atoms with E-state index in [1.165, 1.54) is 43.5 Å². The summed E-state index contributed by atoms with van der Waals surface area (Å²) in [5, 5.41) is 3.63. The van der Waals surface area contributed by atoms with Crippen LogP contribution < -0.4 is 14.5 Å². The Hall–Kier alpha value is -2.79. The van der Waals surface area contributed by atoms with Crippen molar-refractivity contribution >= 4 is 39.4 Å². The minimum absolute atomic E-state index is 0.102. The van der Waals surface area contributed by atoms with Gasteiger partial charge in [0.25, 0.3) is 5.91 Å². The van der Waals surface area contributed by atoms with Gasteiger partial charge >= 0.3 is 6.18 Å². The minimum Gasteiger partial charge on any atom is -0.495 e. The molecule has 30 heavy (non-hydrogen) atoms. The van der Waals surface area contributed by atoms with E-state index in [9.17, 15) is 26.4 Å². The molecule has 0 saturated heterocycles. The van der Waals surface area contributed by atoms with E-state index < -0.39 is 34.2 Å². The monoisotopic (exact) mass is 463 g/mol. The lowest BCUT2D eigenvalue weighted by Gasteiger charge is -2.22. The molecule has 2 aromatic rings. The summed E-state index contributed by atoms with van der Waals surface area (Å²) in [6.45, 7) is -0.667. The first-order chi connectivity index (χ1) is 13.9. The van der Waals surface area contributed by atoms with E-state index >= 15 is 0 Å². The number of hydrazone groups is 1. The number of benzene rings is 2. The van der Waals surface area contributed by atoms with Crippen LogP contribution in [0, 0.1) is 0 Å². The average molecular weight is 464 g/mol. The number of carbonyl (C=O) groups excluding carboxylic acids is 1. The van der Waals surface area contributed by atoms with Crippen LogP contribution in [0.4, 0.5) is 18.9 Å². The van der Waals surface area contributed by atoms with Gasteiger partial charge in [-0.15, -0.1) is 0 Å². The molecule has 0 bridgehead atoms. The molecule has 0 unspecified atom stereocenters. The fourth-order valence-corrected chi connectivity index (χ4v) is 3.52. The summed E-state index contributed by atoms with van der Waals surface area (Å²) in [5.74, 6) is -0.556. The Morgan fingerprint density at radius 2 is 1.93 bits per heavy atom. The molecule has 2 rings (SSSR count). The molecule has 0 saturated carbocycles. The number of rotatable bonds is 7. The predicted molar refractivity (Wildman–Crippen MR) is 107 cm³/mol. The molecule has 0 aliphatic carbocycles. The van der Waals surface area contributed by atoms with Crippen LogP contribution in [-0.4, -0.2) is 40.4 Å². The molecule has 162 valence electrons. The molecule has 0 aromatic heterocycles. The fraction of sp³-hybridized carbons (Fsp3) is 0.222. The summed E-state index contributed by atoms with van der Waals surface area (Å²) in [6, 6.07) is 8.79. The van der Waals surface area contributed by atoms with Gasteiger partial charge in [-0.1, -0.05) is 29.8 Å². The van der Waals surface area contributed by atoms with Crippen LogP contribution in [0.2, 0.25) is 5.02 Å².